The number of fused-ring (bicyclic) bond motifs is 1. The van der Waals surface area contributed by atoms with Crippen molar-refractivity contribution in [3.8, 4) is 0 Å². The molecule has 1 amide bonds. The Balaban J connectivity index is 0.00000144. The van der Waals surface area contributed by atoms with E-state index in [4.69, 9.17) is 5.73 Å². The summed E-state index contributed by atoms with van der Waals surface area (Å²) >= 11 is 0. The smallest absolute Gasteiger partial charge is 0.242 e. The summed E-state index contributed by atoms with van der Waals surface area (Å²) in [5.74, 6) is 0.522. The van der Waals surface area contributed by atoms with Gasteiger partial charge in [-0.05, 0) is 24.8 Å². The van der Waals surface area contributed by atoms with Gasteiger partial charge in [-0.15, -0.1) is 24.8 Å². The molecule has 2 aromatic rings. The van der Waals surface area contributed by atoms with Gasteiger partial charge in [-0.25, -0.2) is 0 Å². The van der Waals surface area contributed by atoms with Gasteiger partial charge in [-0.2, -0.15) is 5.10 Å². The molecule has 1 unspecified atom stereocenters. The lowest BCUT2D eigenvalue weighted by atomic mass is 9.84. The maximum Gasteiger partial charge on any atom is 0.242 e. The molecule has 1 atom stereocenters. The first-order valence-electron chi connectivity index (χ1n) is 8.18. The van der Waals surface area contributed by atoms with Crippen molar-refractivity contribution in [1.82, 2.24) is 15.1 Å². The van der Waals surface area contributed by atoms with Crippen molar-refractivity contribution < 1.29 is 4.79 Å². The maximum absolute atomic E-state index is 12.3. The van der Waals surface area contributed by atoms with Gasteiger partial charge in [0.15, 0.2) is 0 Å². The van der Waals surface area contributed by atoms with Crippen molar-refractivity contribution in [1.29, 1.82) is 0 Å². The molecule has 0 spiro atoms. The van der Waals surface area contributed by atoms with Crippen LogP contribution < -0.4 is 11.1 Å². The Kier molecular flexibility index (Phi) is 8.53. The van der Waals surface area contributed by atoms with Crippen LogP contribution in [0, 0.1) is 5.92 Å². The molecule has 1 aromatic carbocycles. The number of nitrogens with zero attached hydrogens (tertiary/aromatic N) is 2. The predicted octanol–water partition coefficient (Wildman–Crippen LogP) is 2.90. The van der Waals surface area contributed by atoms with Crippen LogP contribution in [0.5, 0.6) is 0 Å². The minimum absolute atomic E-state index is 0. The third-order valence-corrected chi connectivity index (χ3v) is 4.59. The quantitative estimate of drug-likeness (QED) is 0.847. The number of carbonyl (C=O) groups is 1. The first kappa shape index (κ1) is 20.7. The normalized spacial score (nSPS) is 16.0. The van der Waals surface area contributed by atoms with E-state index in [-0.39, 0.29) is 43.3 Å². The summed E-state index contributed by atoms with van der Waals surface area (Å²) in [7, 11) is 0. The number of aromatic nitrogens is 2. The summed E-state index contributed by atoms with van der Waals surface area (Å²) in [5.41, 5.74) is 6.78. The second-order valence-corrected chi connectivity index (χ2v) is 6.19. The summed E-state index contributed by atoms with van der Waals surface area (Å²) in [4.78, 5) is 12.3. The standard InChI is InChI=1S/C17H24N4O.2ClH/c18-10-16(13-6-2-1-3-7-13)19-17(22)12-21-11-14-8-4-5-9-15(14)20-21;;/h4-5,8-9,11,13,16H,1-3,6-7,10,12,18H2,(H,19,22);2*1H. The zero-order valence-electron chi connectivity index (χ0n) is 13.7. The number of carbonyl (C=O) groups excluding carboxylic acids is 1. The minimum Gasteiger partial charge on any atom is -0.350 e. The maximum atomic E-state index is 12.3. The molecular weight excluding hydrogens is 347 g/mol. The molecule has 1 aromatic heterocycles. The van der Waals surface area contributed by atoms with Gasteiger partial charge in [0.2, 0.25) is 5.91 Å². The topological polar surface area (TPSA) is 72.9 Å². The lowest BCUT2D eigenvalue weighted by molar-refractivity contribution is -0.122. The molecule has 1 fully saturated rings. The van der Waals surface area contributed by atoms with Crippen molar-refractivity contribution >= 4 is 41.6 Å². The minimum atomic E-state index is -0.00571. The van der Waals surface area contributed by atoms with Crippen molar-refractivity contribution in [2.24, 2.45) is 11.7 Å². The van der Waals surface area contributed by atoms with E-state index in [1.165, 1.54) is 32.1 Å². The highest BCUT2D eigenvalue weighted by Gasteiger charge is 2.24. The molecule has 5 nitrogen and oxygen atoms in total. The summed E-state index contributed by atoms with van der Waals surface area (Å²) in [6, 6.07) is 7.98. The average Bonchev–Trinajstić information content (AvgIpc) is 2.95. The molecule has 0 radical (unpaired) electrons. The molecule has 134 valence electrons. The monoisotopic (exact) mass is 372 g/mol. The van der Waals surface area contributed by atoms with Crippen molar-refractivity contribution in [3.05, 3.63) is 30.5 Å². The summed E-state index contributed by atoms with van der Waals surface area (Å²) < 4.78 is 1.70. The van der Waals surface area contributed by atoms with E-state index >= 15 is 0 Å². The lowest BCUT2D eigenvalue weighted by Crippen LogP contribution is -2.47. The van der Waals surface area contributed by atoms with Crippen molar-refractivity contribution in [2.75, 3.05) is 6.54 Å². The molecule has 7 heteroatoms. The van der Waals surface area contributed by atoms with Gasteiger partial charge in [0.25, 0.3) is 0 Å². The fourth-order valence-corrected chi connectivity index (χ4v) is 3.40. The SMILES string of the molecule is Cl.Cl.NCC(NC(=O)Cn1cc2ccccc2n1)C1CCCCC1. The molecule has 0 bridgehead atoms. The Labute approximate surface area is 155 Å². The molecule has 1 aliphatic rings. The predicted molar refractivity (Wildman–Crippen MR) is 102 cm³/mol. The number of amides is 1. The molecule has 1 heterocycles. The Hall–Kier alpha value is -1.30. The molecule has 3 rings (SSSR count). The third kappa shape index (κ3) is 5.10. The Morgan fingerprint density at radius 3 is 2.62 bits per heavy atom. The zero-order valence-corrected chi connectivity index (χ0v) is 15.3. The van der Waals surface area contributed by atoms with Gasteiger partial charge in [0, 0.05) is 24.2 Å². The summed E-state index contributed by atoms with van der Waals surface area (Å²) in [6.07, 6.45) is 8.07. The molecule has 24 heavy (non-hydrogen) atoms. The number of halogens is 2. The second-order valence-electron chi connectivity index (χ2n) is 6.19. The van der Waals surface area contributed by atoms with E-state index in [0.717, 1.165) is 10.9 Å². The van der Waals surface area contributed by atoms with Crippen LogP contribution in [0.4, 0.5) is 0 Å². The van der Waals surface area contributed by atoms with E-state index in [0.29, 0.717) is 12.5 Å². The van der Waals surface area contributed by atoms with E-state index in [2.05, 4.69) is 10.4 Å². The average molecular weight is 373 g/mol. The van der Waals surface area contributed by atoms with E-state index < -0.39 is 0 Å². The van der Waals surface area contributed by atoms with Crippen LogP contribution in [-0.2, 0) is 11.3 Å². The van der Waals surface area contributed by atoms with Gasteiger partial charge in [-0.1, -0.05) is 37.5 Å². The molecule has 0 aliphatic heterocycles. The molecule has 1 saturated carbocycles. The van der Waals surface area contributed by atoms with Gasteiger partial charge >= 0.3 is 0 Å². The highest BCUT2D eigenvalue weighted by molar-refractivity contribution is 5.85. The van der Waals surface area contributed by atoms with Gasteiger partial charge in [0.1, 0.15) is 6.54 Å². The number of nitrogens with one attached hydrogen (secondary N) is 1. The molecular formula is C17H26Cl2N4O. The first-order valence-corrected chi connectivity index (χ1v) is 8.18. The Bertz CT molecular complexity index is 607. The van der Waals surface area contributed by atoms with E-state index in [1.54, 1.807) is 4.68 Å². The van der Waals surface area contributed by atoms with Crippen LogP contribution in [0.3, 0.4) is 0 Å². The fraction of sp³-hybridized carbons (Fsp3) is 0.529. The van der Waals surface area contributed by atoms with Crippen LogP contribution >= 0.6 is 24.8 Å². The lowest BCUT2D eigenvalue weighted by Gasteiger charge is -2.30. The van der Waals surface area contributed by atoms with Crippen LogP contribution in [0.15, 0.2) is 30.5 Å². The molecule has 0 saturated heterocycles. The first-order chi connectivity index (χ1) is 10.8. The van der Waals surface area contributed by atoms with Crippen LogP contribution in [-0.4, -0.2) is 28.3 Å². The van der Waals surface area contributed by atoms with Crippen molar-refractivity contribution in [2.45, 2.75) is 44.7 Å². The number of nitrogens with two attached hydrogens (primary N) is 1. The van der Waals surface area contributed by atoms with E-state index in [1.807, 2.05) is 30.5 Å². The van der Waals surface area contributed by atoms with Crippen LogP contribution in [0.1, 0.15) is 32.1 Å². The molecule has 3 N–H and O–H groups in total. The number of hydrogen-bond acceptors (Lipinski definition) is 3. The Morgan fingerprint density at radius 2 is 1.96 bits per heavy atom. The highest BCUT2D eigenvalue weighted by Crippen LogP contribution is 2.26. The summed E-state index contributed by atoms with van der Waals surface area (Å²) in [6.45, 7) is 0.759. The second kappa shape index (κ2) is 9.87. The summed E-state index contributed by atoms with van der Waals surface area (Å²) in [5, 5.41) is 8.58. The number of rotatable bonds is 5. The van der Waals surface area contributed by atoms with Crippen LogP contribution in [0.25, 0.3) is 10.9 Å². The number of benzene rings is 1. The largest absolute Gasteiger partial charge is 0.350 e. The third-order valence-electron chi connectivity index (χ3n) is 4.59. The molecule has 1 aliphatic carbocycles. The fourth-order valence-electron chi connectivity index (χ4n) is 3.40. The highest BCUT2D eigenvalue weighted by atomic mass is 35.5. The van der Waals surface area contributed by atoms with Gasteiger partial charge in [-0.3, -0.25) is 9.48 Å². The zero-order chi connectivity index (χ0) is 15.4. The Morgan fingerprint density at radius 1 is 1.25 bits per heavy atom. The van der Waals surface area contributed by atoms with Gasteiger partial charge < -0.3 is 11.1 Å². The van der Waals surface area contributed by atoms with Crippen molar-refractivity contribution in [3.63, 3.8) is 0 Å². The van der Waals surface area contributed by atoms with Gasteiger partial charge in [0.05, 0.1) is 5.52 Å². The number of hydrogen-bond donors (Lipinski definition) is 2. The van der Waals surface area contributed by atoms with Crippen LogP contribution in [0.2, 0.25) is 0 Å². The van der Waals surface area contributed by atoms with E-state index in [9.17, 15) is 4.79 Å².